The van der Waals surface area contributed by atoms with E-state index in [1.807, 2.05) is 0 Å². The molecule has 24 heavy (non-hydrogen) atoms. The first-order valence-electron chi connectivity index (χ1n) is 7.89. The van der Waals surface area contributed by atoms with Gasteiger partial charge in [-0.05, 0) is 6.04 Å². The molecule has 1 heterocycles. The zero-order valence-electron chi connectivity index (χ0n) is 14.5. The molecule has 5 N–H and O–H groups in total. The Morgan fingerprint density at radius 3 is 2.54 bits per heavy atom. The predicted molar refractivity (Wildman–Crippen MR) is 89.9 cm³/mol. The Morgan fingerprint density at radius 1 is 1.42 bits per heavy atom. The SMILES string of the molecule is C=CCOC(=O)[C@@]1(N)[C@@H](OCC[Si](C)(C)C)O[C@H](CO)[C@@H](O)[C@@H]1O. The Bertz CT molecular complexity index is 442. The van der Waals surface area contributed by atoms with Gasteiger partial charge in [0.05, 0.1) is 6.61 Å². The van der Waals surface area contributed by atoms with E-state index in [-0.39, 0.29) is 13.2 Å². The number of carbonyl (C=O) groups is 1. The molecule has 0 aliphatic carbocycles. The summed E-state index contributed by atoms with van der Waals surface area (Å²) in [7, 11) is -1.40. The standard InChI is InChI=1S/C15H29NO7Si/c1-5-6-21-13(20)15(16)12(19)11(18)10(9-17)23-14(15)22-7-8-24(2,3)4/h5,10-12,14,17-19H,1,6-9,16H2,2-4H3/t10-,11-,12+,14+,15-/m1/s1. The third-order valence-electron chi connectivity index (χ3n) is 3.87. The molecule has 8 nitrogen and oxygen atoms in total. The van der Waals surface area contributed by atoms with E-state index < -0.39 is 50.8 Å². The molecule has 0 radical (unpaired) electrons. The lowest BCUT2D eigenvalue weighted by Gasteiger charge is -2.46. The van der Waals surface area contributed by atoms with Crippen molar-refractivity contribution in [3.63, 3.8) is 0 Å². The topological polar surface area (TPSA) is 131 Å². The molecular formula is C15H29NO7Si. The molecule has 9 heteroatoms. The van der Waals surface area contributed by atoms with Crippen molar-refractivity contribution in [1.29, 1.82) is 0 Å². The molecule has 0 aromatic rings. The largest absolute Gasteiger partial charge is 0.460 e. The number of hydrogen-bond donors (Lipinski definition) is 4. The number of rotatable bonds is 8. The van der Waals surface area contributed by atoms with E-state index >= 15 is 0 Å². The number of ether oxygens (including phenoxy) is 3. The highest BCUT2D eigenvalue weighted by Crippen LogP contribution is 2.30. The highest BCUT2D eigenvalue weighted by atomic mass is 28.3. The fourth-order valence-corrected chi connectivity index (χ4v) is 2.98. The monoisotopic (exact) mass is 363 g/mol. The van der Waals surface area contributed by atoms with Crippen LogP contribution in [0.4, 0.5) is 0 Å². The second-order valence-electron chi connectivity index (χ2n) is 7.13. The molecule has 0 saturated carbocycles. The molecule has 1 aliphatic heterocycles. The van der Waals surface area contributed by atoms with Crippen LogP contribution < -0.4 is 5.73 Å². The maximum atomic E-state index is 12.3. The Balaban J connectivity index is 2.97. The Hall–Kier alpha value is -0.813. The van der Waals surface area contributed by atoms with Gasteiger partial charge in [-0.15, -0.1) is 0 Å². The number of nitrogens with two attached hydrogens (primary N) is 1. The number of hydrogen-bond acceptors (Lipinski definition) is 8. The molecule has 0 aromatic heterocycles. The lowest BCUT2D eigenvalue weighted by Crippen LogP contribution is -2.75. The third-order valence-corrected chi connectivity index (χ3v) is 5.57. The van der Waals surface area contributed by atoms with Gasteiger partial charge >= 0.3 is 5.97 Å². The molecule has 140 valence electrons. The van der Waals surface area contributed by atoms with Crippen LogP contribution in [0.25, 0.3) is 0 Å². The number of aliphatic hydroxyl groups excluding tert-OH is 3. The first-order chi connectivity index (χ1) is 11.1. The van der Waals surface area contributed by atoms with Gasteiger partial charge in [0.1, 0.15) is 24.9 Å². The summed E-state index contributed by atoms with van der Waals surface area (Å²) in [6.45, 7) is 9.51. The van der Waals surface area contributed by atoms with Gasteiger partial charge in [0.15, 0.2) is 11.8 Å². The van der Waals surface area contributed by atoms with Crippen LogP contribution in [0.5, 0.6) is 0 Å². The van der Waals surface area contributed by atoms with Crippen molar-refractivity contribution in [2.45, 2.75) is 55.8 Å². The summed E-state index contributed by atoms with van der Waals surface area (Å²) in [6.07, 6.45) is -4.36. The van der Waals surface area contributed by atoms with E-state index in [0.717, 1.165) is 6.04 Å². The summed E-state index contributed by atoms with van der Waals surface area (Å²) in [5.41, 5.74) is 3.95. The zero-order valence-corrected chi connectivity index (χ0v) is 15.5. The van der Waals surface area contributed by atoms with Crippen LogP contribution in [0, 0.1) is 0 Å². The smallest absolute Gasteiger partial charge is 0.334 e. The highest BCUT2D eigenvalue weighted by molar-refractivity contribution is 6.76. The normalized spacial score (nSPS) is 34.0. The molecule has 1 aliphatic rings. The molecule has 1 fully saturated rings. The minimum atomic E-state index is -2.10. The van der Waals surface area contributed by atoms with E-state index in [2.05, 4.69) is 26.2 Å². The minimum absolute atomic E-state index is 0.106. The molecule has 0 spiro atoms. The summed E-state index contributed by atoms with van der Waals surface area (Å²) < 4.78 is 16.0. The van der Waals surface area contributed by atoms with E-state index in [4.69, 9.17) is 19.9 Å². The molecule has 0 amide bonds. The van der Waals surface area contributed by atoms with Gasteiger partial charge in [0, 0.05) is 14.7 Å². The first-order valence-corrected chi connectivity index (χ1v) is 11.6. The molecule has 0 unspecified atom stereocenters. The van der Waals surface area contributed by atoms with Crippen molar-refractivity contribution >= 4 is 14.0 Å². The van der Waals surface area contributed by atoms with Crippen LogP contribution in [0.2, 0.25) is 25.7 Å². The molecule has 1 rings (SSSR count). The van der Waals surface area contributed by atoms with Crippen molar-refractivity contribution in [2.24, 2.45) is 5.73 Å². The van der Waals surface area contributed by atoms with E-state index in [0.29, 0.717) is 0 Å². The van der Waals surface area contributed by atoms with Crippen LogP contribution in [-0.4, -0.2) is 79.3 Å². The quantitative estimate of drug-likeness (QED) is 0.251. The van der Waals surface area contributed by atoms with Gasteiger partial charge in [-0.3, -0.25) is 0 Å². The lowest BCUT2D eigenvalue weighted by atomic mass is 9.84. The van der Waals surface area contributed by atoms with Crippen molar-refractivity contribution in [2.75, 3.05) is 19.8 Å². The Kier molecular flexibility index (Phi) is 7.54. The van der Waals surface area contributed by atoms with Crippen molar-refractivity contribution in [1.82, 2.24) is 0 Å². The van der Waals surface area contributed by atoms with Gasteiger partial charge in [-0.25, -0.2) is 4.79 Å². The van der Waals surface area contributed by atoms with Crippen LogP contribution >= 0.6 is 0 Å². The number of carbonyl (C=O) groups excluding carboxylic acids is 1. The summed E-state index contributed by atoms with van der Waals surface area (Å²) >= 11 is 0. The van der Waals surface area contributed by atoms with Gasteiger partial charge in [-0.1, -0.05) is 32.3 Å². The van der Waals surface area contributed by atoms with Crippen molar-refractivity contribution < 1.29 is 34.3 Å². The average Bonchev–Trinajstić information content (AvgIpc) is 2.51. The van der Waals surface area contributed by atoms with E-state index in [1.165, 1.54) is 6.08 Å². The van der Waals surface area contributed by atoms with Gasteiger partial charge in [0.2, 0.25) is 0 Å². The van der Waals surface area contributed by atoms with Gasteiger partial charge in [0.25, 0.3) is 0 Å². The van der Waals surface area contributed by atoms with Crippen LogP contribution in [0.3, 0.4) is 0 Å². The minimum Gasteiger partial charge on any atom is -0.460 e. The van der Waals surface area contributed by atoms with Crippen LogP contribution in [0.15, 0.2) is 12.7 Å². The Labute approximate surface area is 143 Å². The third kappa shape index (κ3) is 4.85. The van der Waals surface area contributed by atoms with E-state index in [1.54, 1.807) is 0 Å². The predicted octanol–water partition coefficient (Wildman–Crippen LogP) is -0.793. The molecule has 0 aromatic carbocycles. The van der Waals surface area contributed by atoms with Crippen LogP contribution in [-0.2, 0) is 19.0 Å². The Morgan fingerprint density at radius 2 is 2.04 bits per heavy atom. The summed E-state index contributed by atoms with van der Waals surface area (Å²) in [5.74, 6) is -0.969. The number of esters is 1. The molecule has 5 atom stereocenters. The fourth-order valence-electron chi connectivity index (χ4n) is 2.25. The molecular weight excluding hydrogens is 334 g/mol. The highest BCUT2D eigenvalue weighted by Gasteiger charge is 2.59. The van der Waals surface area contributed by atoms with Crippen molar-refractivity contribution in [3.8, 4) is 0 Å². The zero-order chi connectivity index (χ0) is 18.5. The maximum Gasteiger partial charge on any atom is 0.334 e. The maximum absolute atomic E-state index is 12.3. The first kappa shape index (κ1) is 21.2. The number of aliphatic hydroxyl groups is 3. The lowest BCUT2D eigenvalue weighted by molar-refractivity contribution is -0.290. The van der Waals surface area contributed by atoms with Gasteiger partial charge in [-0.2, -0.15) is 0 Å². The molecule has 1 saturated heterocycles. The fraction of sp³-hybridized carbons (Fsp3) is 0.800. The second kappa shape index (κ2) is 8.52. The van der Waals surface area contributed by atoms with Gasteiger partial charge < -0.3 is 35.3 Å². The summed E-state index contributed by atoms with van der Waals surface area (Å²) in [5, 5.41) is 29.6. The average molecular weight is 363 g/mol. The summed E-state index contributed by atoms with van der Waals surface area (Å²) in [4.78, 5) is 12.3. The van der Waals surface area contributed by atoms with Crippen molar-refractivity contribution in [3.05, 3.63) is 12.7 Å². The van der Waals surface area contributed by atoms with Crippen LogP contribution in [0.1, 0.15) is 0 Å². The van der Waals surface area contributed by atoms with E-state index in [9.17, 15) is 20.1 Å². The summed E-state index contributed by atoms with van der Waals surface area (Å²) in [6, 6.07) is 0.785. The second-order valence-corrected chi connectivity index (χ2v) is 12.7. The molecule has 0 bridgehead atoms.